The lowest BCUT2D eigenvalue weighted by Crippen LogP contribution is -2.18. The molecule has 0 aliphatic rings. The molecule has 0 radical (unpaired) electrons. The maximum atomic E-state index is 13.2. The summed E-state index contributed by atoms with van der Waals surface area (Å²) in [5.41, 5.74) is 7.81. The topological polar surface area (TPSA) is 98.7 Å². The second-order valence-corrected chi connectivity index (χ2v) is 8.03. The SMILES string of the molecule is Cc1nc(N)c(C(F)(F)F)cc1CNc1nccnc1Cc1ccc(Cn2ccccc2=O)cc1. The number of pyridine rings is 2. The summed E-state index contributed by atoms with van der Waals surface area (Å²) in [5, 5.41) is 3.08. The number of nitrogens with two attached hydrogens (primary N) is 1. The Bertz CT molecular complexity index is 1380. The molecule has 4 rings (SSSR count). The van der Waals surface area contributed by atoms with Crippen molar-refractivity contribution in [3.8, 4) is 0 Å². The molecule has 3 aromatic heterocycles. The molecule has 4 aromatic rings. The van der Waals surface area contributed by atoms with Crippen molar-refractivity contribution in [3.05, 3.63) is 111 Å². The standard InChI is InChI=1S/C25H23F3N6O/c1-16-19(13-20(23(29)33-16)25(26,27)28)14-32-24-21(30-9-10-31-24)12-17-5-7-18(8-6-17)15-34-11-3-2-4-22(34)35/h2-11,13H,12,14-15H2,1H3,(H2,29,33)(H,31,32). The third-order valence-corrected chi connectivity index (χ3v) is 5.52. The lowest BCUT2D eigenvalue weighted by molar-refractivity contribution is -0.137. The zero-order valence-corrected chi connectivity index (χ0v) is 18.9. The van der Waals surface area contributed by atoms with E-state index in [4.69, 9.17) is 5.73 Å². The fourth-order valence-corrected chi connectivity index (χ4v) is 3.64. The highest BCUT2D eigenvalue weighted by Crippen LogP contribution is 2.34. The number of aromatic nitrogens is 4. The smallest absolute Gasteiger partial charge is 0.383 e. The number of hydrogen-bond acceptors (Lipinski definition) is 6. The van der Waals surface area contributed by atoms with Crippen molar-refractivity contribution in [1.29, 1.82) is 0 Å². The monoisotopic (exact) mass is 480 g/mol. The molecule has 1 aromatic carbocycles. The Morgan fingerprint density at radius 1 is 1.03 bits per heavy atom. The van der Waals surface area contributed by atoms with Gasteiger partial charge in [0.2, 0.25) is 0 Å². The van der Waals surface area contributed by atoms with Crippen LogP contribution in [0.4, 0.5) is 24.8 Å². The summed E-state index contributed by atoms with van der Waals surface area (Å²) in [6.07, 6.45) is 0.701. The quantitative estimate of drug-likeness (QED) is 0.412. The van der Waals surface area contributed by atoms with Gasteiger partial charge in [-0.2, -0.15) is 13.2 Å². The van der Waals surface area contributed by atoms with Crippen LogP contribution in [0.5, 0.6) is 0 Å². The number of rotatable bonds is 7. The average molecular weight is 480 g/mol. The molecule has 0 amide bonds. The minimum absolute atomic E-state index is 0.0688. The van der Waals surface area contributed by atoms with E-state index in [1.807, 2.05) is 30.3 Å². The molecule has 0 saturated heterocycles. The zero-order valence-electron chi connectivity index (χ0n) is 18.9. The van der Waals surface area contributed by atoms with E-state index in [0.717, 1.165) is 17.2 Å². The van der Waals surface area contributed by atoms with Gasteiger partial charge >= 0.3 is 6.18 Å². The average Bonchev–Trinajstić information content (AvgIpc) is 2.81. The first-order valence-corrected chi connectivity index (χ1v) is 10.8. The lowest BCUT2D eigenvalue weighted by Gasteiger charge is -2.15. The van der Waals surface area contributed by atoms with Gasteiger partial charge in [0.25, 0.3) is 5.56 Å². The van der Waals surface area contributed by atoms with Crippen molar-refractivity contribution < 1.29 is 13.2 Å². The van der Waals surface area contributed by atoms with E-state index in [1.54, 1.807) is 30.0 Å². The van der Waals surface area contributed by atoms with Crippen LogP contribution in [0.15, 0.2) is 71.9 Å². The van der Waals surface area contributed by atoms with Crippen LogP contribution in [0.1, 0.15) is 33.6 Å². The first-order chi connectivity index (χ1) is 16.7. The Labute approximate surface area is 199 Å². The fourth-order valence-electron chi connectivity index (χ4n) is 3.64. The second kappa shape index (κ2) is 9.96. The number of aryl methyl sites for hydroxylation is 1. The number of nitrogens with one attached hydrogen (secondary N) is 1. The number of alkyl halides is 3. The van der Waals surface area contributed by atoms with Gasteiger partial charge in [0.1, 0.15) is 11.6 Å². The summed E-state index contributed by atoms with van der Waals surface area (Å²) in [6.45, 7) is 2.15. The largest absolute Gasteiger partial charge is 0.419 e. The van der Waals surface area contributed by atoms with E-state index in [-0.39, 0.29) is 12.1 Å². The second-order valence-electron chi connectivity index (χ2n) is 8.03. The Kier molecular flexibility index (Phi) is 6.81. The normalized spacial score (nSPS) is 11.4. The third kappa shape index (κ3) is 5.84. The van der Waals surface area contributed by atoms with E-state index in [1.165, 1.54) is 12.3 Å². The van der Waals surface area contributed by atoms with Gasteiger partial charge in [-0.05, 0) is 35.7 Å². The van der Waals surface area contributed by atoms with Gasteiger partial charge in [0.15, 0.2) is 0 Å². The summed E-state index contributed by atoms with van der Waals surface area (Å²) in [5.74, 6) is -0.0725. The van der Waals surface area contributed by atoms with Gasteiger partial charge in [-0.25, -0.2) is 9.97 Å². The van der Waals surface area contributed by atoms with Crippen molar-refractivity contribution in [2.24, 2.45) is 0 Å². The predicted octanol–water partition coefficient (Wildman–Crippen LogP) is 4.19. The van der Waals surface area contributed by atoms with E-state index >= 15 is 0 Å². The first-order valence-electron chi connectivity index (χ1n) is 10.8. The van der Waals surface area contributed by atoms with Gasteiger partial charge in [0.05, 0.1) is 17.8 Å². The van der Waals surface area contributed by atoms with E-state index < -0.39 is 17.6 Å². The molecule has 0 saturated carbocycles. The Morgan fingerprint density at radius 3 is 2.46 bits per heavy atom. The third-order valence-electron chi connectivity index (χ3n) is 5.52. The molecule has 10 heteroatoms. The Hall–Kier alpha value is -4.21. The molecule has 0 aliphatic carbocycles. The highest BCUT2D eigenvalue weighted by atomic mass is 19.4. The predicted molar refractivity (Wildman–Crippen MR) is 127 cm³/mol. The molecule has 0 aliphatic heterocycles. The van der Waals surface area contributed by atoms with Gasteiger partial charge < -0.3 is 15.6 Å². The van der Waals surface area contributed by atoms with Gasteiger partial charge in [-0.3, -0.25) is 9.78 Å². The number of nitrogens with zero attached hydrogens (tertiary/aromatic N) is 4. The van der Waals surface area contributed by atoms with Crippen molar-refractivity contribution in [1.82, 2.24) is 19.5 Å². The Balaban J connectivity index is 1.47. The van der Waals surface area contributed by atoms with Gasteiger partial charge in [-0.15, -0.1) is 0 Å². The molecule has 0 unspecified atom stereocenters. The van der Waals surface area contributed by atoms with Gasteiger partial charge in [0, 0.05) is 43.3 Å². The van der Waals surface area contributed by atoms with Crippen LogP contribution >= 0.6 is 0 Å². The zero-order chi connectivity index (χ0) is 25.0. The maximum Gasteiger partial charge on any atom is 0.419 e. The minimum Gasteiger partial charge on any atom is -0.383 e. The number of anilines is 2. The molecular formula is C25H23F3N6O. The van der Waals surface area contributed by atoms with Crippen LogP contribution < -0.4 is 16.6 Å². The maximum absolute atomic E-state index is 13.2. The molecular weight excluding hydrogens is 457 g/mol. The fraction of sp³-hybridized carbons (Fsp3) is 0.200. The van der Waals surface area contributed by atoms with Crippen LogP contribution in [0.2, 0.25) is 0 Å². The number of hydrogen-bond donors (Lipinski definition) is 2. The highest BCUT2D eigenvalue weighted by Gasteiger charge is 2.34. The van der Waals surface area contributed by atoms with Crippen LogP contribution in [0.3, 0.4) is 0 Å². The molecule has 0 fully saturated rings. The first kappa shape index (κ1) is 23.9. The van der Waals surface area contributed by atoms with Crippen molar-refractivity contribution in [2.45, 2.75) is 32.6 Å². The molecule has 180 valence electrons. The van der Waals surface area contributed by atoms with Gasteiger partial charge in [-0.1, -0.05) is 30.3 Å². The molecule has 7 nitrogen and oxygen atoms in total. The summed E-state index contributed by atoms with van der Waals surface area (Å²) in [6, 6.07) is 13.8. The van der Waals surface area contributed by atoms with Crippen molar-refractivity contribution >= 4 is 11.6 Å². The van der Waals surface area contributed by atoms with Crippen LogP contribution in [0.25, 0.3) is 0 Å². The van der Waals surface area contributed by atoms with Crippen LogP contribution in [0, 0.1) is 6.92 Å². The van der Waals surface area contributed by atoms with E-state index in [0.29, 0.717) is 35.7 Å². The molecule has 3 heterocycles. The van der Waals surface area contributed by atoms with E-state index in [2.05, 4.69) is 20.3 Å². The molecule has 0 spiro atoms. The van der Waals surface area contributed by atoms with E-state index in [9.17, 15) is 18.0 Å². The number of nitrogen functional groups attached to an aromatic ring is 1. The van der Waals surface area contributed by atoms with Crippen molar-refractivity contribution in [2.75, 3.05) is 11.1 Å². The molecule has 35 heavy (non-hydrogen) atoms. The summed E-state index contributed by atoms with van der Waals surface area (Å²) < 4.78 is 41.3. The molecule has 0 atom stereocenters. The minimum atomic E-state index is -4.59. The number of benzene rings is 1. The van der Waals surface area contributed by atoms with Crippen molar-refractivity contribution in [3.63, 3.8) is 0 Å². The number of halogens is 3. The summed E-state index contributed by atoms with van der Waals surface area (Å²) in [4.78, 5) is 24.5. The molecule has 3 N–H and O–H groups in total. The molecule has 0 bridgehead atoms. The van der Waals surface area contributed by atoms with Crippen LogP contribution in [-0.2, 0) is 25.7 Å². The summed E-state index contributed by atoms with van der Waals surface area (Å²) >= 11 is 0. The summed E-state index contributed by atoms with van der Waals surface area (Å²) in [7, 11) is 0. The lowest BCUT2D eigenvalue weighted by atomic mass is 10.1. The van der Waals surface area contributed by atoms with Crippen LogP contribution in [-0.4, -0.2) is 19.5 Å². The highest BCUT2D eigenvalue weighted by molar-refractivity contribution is 5.48. The Morgan fingerprint density at radius 2 is 1.74 bits per heavy atom.